The third-order valence-corrected chi connectivity index (χ3v) is 4.41. The van der Waals surface area contributed by atoms with Crippen LogP contribution in [0.15, 0.2) is 60.7 Å². The lowest BCUT2D eigenvalue weighted by Crippen LogP contribution is -1.96. The van der Waals surface area contributed by atoms with Crippen LogP contribution in [0, 0.1) is 43.9 Å². The minimum atomic E-state index is -0.780. The van der Waals surface area contributed by atoms with Crippen LogP contribution >= 0.6 is 11.3 Å². The van der Waals surface area contributed by atoms with Crippen molar-refractivity contribution in [2.75, 3.05) is 0 Å². The summed E-state index contributed by atoms with van der Waals surface area (Å²) in [4.78, 5) is 21.3. The van der Waals surface area contributed by atoms with E-state index in [0.717, 1.165) is 11.3 Å². The van der Waals surface area contributed by atoms with Crippen molar-refractivity contribution in [1.82, 2.24) is 0 Å². The lowest BCUT2D eigenvalue weighted by atomic mass is 10.2. The Balaban J connectivity index is 2.12. The molecule has 0 aliphatic heterocycles. The molecule has 0 radical (unpaired) electrons. The van der Waals surface area contributed by atoms with E-state index in [1.54, 1.807) is 48.5 Å². The van der Waals surface area contributed by atoms with Crippen LogP contribution < -0.4 is 0 Å². The van der Waals surface area contributed by atoms with E-state index in [4.69, 9.17) is 0 Å². The van der Waals surface area contributed by atoms with Crippen LogP contribution in [0.4, 0.5) is 11.4 Å². The van der Waals surface area contributed by atoms with Gasteiger partial charge in [-0.25, -0.2) is 0 Å². The Morgan fingerprint density at radius 1 is 0.630 bits per heavy atom. The number of nitrogens with zero attached hydrogens (tertiary/aromatic N) is 2. The van der Waals surface area contributed by atoms with Crippen LogP contribution in [0.25, 0.3) is 0 Å². The lowest BCUT2D eigenvalue weighted by molar-refractivity contribution is -0.422. The average Bonchev–Trinajstić information content (AvgIpc) is 3.05. The van der Waals surface area contributed by atoms with Gasteiger partial charge in [0.15, 0.2) is 9.75 Å². The van der Waals surface area contributed by atoms with Gasteiger partial charge in [0.25, 0.3) is 0 Å². The zero-order chi connectivity index (χ0) is 19.2. The van der Waals surface area contributed by atoms with E-state index in [1.807, 2.05) is 12.1 Å². The van der Waals surface area contributed by atoms with Crippen LogP contribution in [0.3, 0.4) is 0 Å². The molecule has 0 atom stereocenters. The van der Waals surface area contributed by atoms with Gasteiger partial charge in [-0.2, -0.15) is 0 Å². The van der Waals surface area contributed by atoms with Crippen LogP contribution in [0.5, 0.6) is 0 Å². The molecule has 0 saturated heterocycles. The van der Waals surface area contributed by atoms with Crippen molar-refractivity contribution in [3.63, 3.8) is 0 Å². The Bertz CT molecular complexity index is 1040. The normalized spacial score (nSPS) is 9.48. The maximum atomic E-state index is 11.4. The highest BCUT2D eigenvalue weighted by Crippen LogP contribution is 2.40. The molecule has 2 aromatic carbocycles. The van der Waals surface area contributed by atoms with E-state index in [0.29, 0.717) is 11.1 Å². The van der Waals surface area contributed by atoms with Gasteiger partial charge < -0.3 is 0 Å². The first-order chi connectivity index (χ1) is 13.1. The van der Waals surface area contributed by atoms with Crippen molar-refractivity contribution >= 4 is 22.7 Å². The summed E-state index contributed by atoms with van der Waals surface area (Å²) in [5.74, 6) is 10.9. The molecular formula is C20H10N2O4S. The van der Waals surface area contributed by atoms with Gasteiger partial charge in [0.05, 0.1) is 9.85 Å². The molecule has 0 aliphatic rings. The monoisotopic (exact) mass is 374 g/mol. The van der Waals surface area contributed by atoms with Crippen molar-refractivity contribution in [2.45, 2.75) is 0 Å². The molecule has 0 N–H and O–H groups in total. The number of rotatable bonds is 2. The summed E-state index contributed by atoms with van der Waals surface area (Å²) >= 11 is 0.851. The zero-order valence-corrected chi connectivity index (χ0v) is 14.5. The topological polar surface area (TPSA) is 86.3 Å². The highest BCUT2D eigenvalue weighted by Gasteiger charge is 2.35. The molecule has 130 valence electrons. The van der Waals surface area contributed by atoms with Crippen LogP contribution in [0.1, 0.15) is 20.9 Å². The minimum Gasteiger partial charge on any atom is -0.258 e. The predicted molar refractivity (Wildman–Crippen MR) is 102 cm³/mol. The van der Waals surface area contributed by atoms with Crippen LogP contribution in [0.2, 0.25) is 0 Å². The minimum absolute atomic E-state index is 0.00733. The van der Waals surface area contributed by atoms with Crippen LogP contribution in [-0.2, 0) is 0 Å². The van der Waals surface area contributed by atoms with E-state index >= 15 is 0 Å². The standard InChI is InChI=1S/C20H10N2O4S/c23-21(24)19-17(13-11-15-7-3-1-4-8-15)27-18(20(19)22(25)26)14-12-16-9-5-2-6-10-16/h1-10H. The molecule has 3 aromatic rings. The maximum absolute atomic E-state index is 11.4. The molecule has 0 bridgehead atoms. The predicted octanol–water partition coefficient (Wildman–Crippen LogP) is 4.36. The van der Waals surface area contributed by atoms with Gasteiger partial charge in [0, 0.05) is 11.1 Å². The fourth-order valence-corrected chi connectivity index (χ4v) is 3.17. The molecule has 0 aliphatic carbocycles. The molecule has 0 fully saturated rings. The Morgan fingerprint density at radius 3 is 1.33 bits per heavy atom. The zero-order valence-electron chi connectivity index (χ0n) is 13.7. The van der Waals surface area contributed by atoms with E-state index in [-0.39, 0.29) is 9.75 Å². The first kappa shape index (κ1) is 17.9. The maximum Gasteiger partial charge on any atom is 0.373 e. The molecule has 0 amide bonds. The van der Waals surface area contributed by atoms with Gasteiger partial charge in [0.1, 0.15) is 0 Å². The number of thiophene rings is 1. The summed E-state index contributed by atoms with van der Waals surface area (Å²) < 4.78 is 0. The SMILES string of the molecule is O=[N+]([O-])c1c(C#Cc2ccccc2)sc(C#Cc2ccccc2)c1[N+](=O)[O-]. The molecule has 27 heavy (non-hydrogen) atoms. The summed E-state index contributed by atoms with van der Waals surface area (Å²) in [7, 11) is 0. The summed E-state index contributed by atoms with van der Waals surface area (Å²) in [6.07, 6.45) is 0. The molecule has 6 nitrogen and oxygen atoms in total. The number of benzene rings is 2. The van der Waals surface area contributed by atoms with E-state index in [9.17, 15) is 20.2 Å². The van der Waals surface area contributed by atoms with Crippen molar-refractivity contribution in [1.29, 1.82) is 0 Å². The van der Waals surface area contributed by atoms with Crippen molar-refractivity contribution < 1.29 is 9.85 Å². The smallest absolute Gasteiger partial charge is 0.258 e. The number of hydrogen-bond donors (Lipinski definition) is 0. The molecule has 3 rings (SSSR count). The molecule has 0 saturated carbocycles. The number of nitro groups is 2. The van der Waals surface area contributed by atoms with E-state index < -0.39 is 21.2 Å². The first-order valence-corrected chi connectivity index (χ1v) is 8.47. The Labute approximate surface area is 158 Å². The number of hydrogen-bond acceptors (Lipinski definition) is 5. The van der Waals surface area contributed by atoms with Gasteiger partial charge >= 0.3 is 11.4 Å². The second-order valence-electron chi connectivity index (χ2n) is 5.20. The first-order valence-electron chi connectivity index (χ1n) is 7.66. The summed E-state index contributed by atoms with van der Waals surface area (Å²) in [5, 5.41) is 22.9. The Morgan fingerprint density at radius 2 is 1.00 bits per heavy atom. The Kier molecular flexibility index (Phi) is 5.27. The van der Waals surface area contributed by atoms with E-state index in [1.165, 1.54) is 0 Å². The molecule has 1 aromatic heterocycles. The third-order valence-electron chi connectivity index (χ3n) is 3.41. The summed E-state index contributed by atoms with van der Waals surface area (Å²) in [6.45, 7) is 0. The quantitative estimate of drug-likeness (QED) is 0.379. The lowest BCUT2D eigenvalue weighted by Gasteiger charge is -1.90. The third kappa shape index (κ3) is 4.18. The van der Waals surface area contributed by atoms with Gasteiger partial charge in [0.2, 0.25) is 0 Å². The average molecular weight is 374 g/mol. The molecular weight excluding hydrogens is 364 g/mol. The highest BCUT2D eigenvalue weighted by atomic mass is 32.1. The second-order valence-corrected chi connectivity index (χ2v) is 6.22. The van der Waals surface area contributed by atoms with Gasteiger partial charge in [-0.1, -0.05) is 48.2 Å². The van der Waals surface area contributed by atoms with Gasteiger partial charge in [-0.3, -0.25) is 20.2 Å². The molecule has 0 unspecified atom stereocenters. The fraction of sp³-hybridized carbons (Fsp3) is 0. The second kappa shape index (κ2) is 7.96. The molecule has 0 spiro atoms. The van der Waals surface area contributed by atoms with Gasteiger partial charge in [-0.05, 0) is 36.1 Å². The molecule has 7 heteroatoms. The van der Waals surface area contributed by atoms with Crippen molar-refractivity contribution in [3.05, 3.63) is 102 Å². The van der Waals surface area contributed by atoms with Crippen molar-refractivity contribution in [2.24, 2.45) is 0 Å². The van der Waals surface area contributed by atoms with Crippen molar-refractivity contribution in [3.8, 4) is 23.7 Å². The highest BCUT2D eigenvalue weighted by molar-refractivity contribution is 7.14. The molecule has 1 heterocycles. The summed E-state index contributed by atoms with van der Waals surface area (Å²) in [5.41, 5.74) is 0.0659. The largest absolute Gasteiger partial charge is 0.373 e. The van der Waals surface area contributed by atoms with Gasteiger partial charge in [-0.15, -0.1) is 11.3 Å². The Hall–Kier alpha value is -3.94. The van der Waals surface area contributed by atoms with Crippen LogP contribution in [-0.4, -0.2) is 9.85 Å². The van der Waals surface area contributed by atoms with E-state index in [2.05, 4.69) is 23.7 Å². The fourth-order valence-electron chi connectivity index (χ4n) is 2.22. The summed E-state index contributed by atoms with van der Waals surface area (Å²) in [6, 6.07) is 17.8.